The van der Waals surface area contributed by atoms with Crippen LogP contribution < -0.4 is 5.32 Å². The summed E-state index contributed by atoms with van der Waals surface area (Å²) >= 11 is 0. The quantitative estimate of drug-likeness (QED) is 0.102. The van der Waals surface area contributed by atoms with Crippen LogP contribution in [0.5, 0.6) is 5.75 Å². The smallest absolute Gasteiger partial charge is 0.310 e. The van der Waals surface area contributed by atoms with Gasteiger partial charge in [-0.1, -0.05) is 25.7 Å². The highest BCUT2D eigenvalue weighted by atomic mass is 16.7. The zero-order valence-electron chi connectivity index (χ0n) is 20.1. The molecule has 13 nitrogen and oxygen atoms in total. The fourth-order valence-corrected chi connectivity index (χ4v) is 3.81. The van der Waals surface area contributed by atoms with Crippen LogP contribution in [0.15, 0.2) is 18.2 Å². The van der Waals surface area contributed by atoms with Gasteiger partial charge in [0.2, 0.25) is 0 Å². The highest BCUT2D eigenvalue weighted by Crippen LogP contribution is 2.27. The van der Waals surface area contributed by atoms with E-state index in [0.717, 1.165) is 50.3 Å². The Bertz CT molecular complexity index is 882. The highest BCUT2D eigenvalue weighted by Gasteiger charge is 2.45. The molecule has 1 heterocycles. The maximum absolute atomic E-state index is 12.7. The Labute approximate surface area is 208 Å². The van der Waals surface area contributed by atoms with E-state index in [1.165, 1.54) is 7.11 Å². The van der Waals surface area contributed by atoms with E-state index in [1.54, 1.807) is 0 Å². The van der Waals surface area contributed by atoms with Crippen LogP contribution in [0.2, 0.25) is 0 Å². The van der Waals surface area contributed by atoms with Crippen LogP contribution in [0.25, 0.3) is 0 Å². The predicted molar refractivity (Wildman–Crippen MR) is 124 cm³/mol. The molecule has 0 aromatic heterocycles. The molecule has 36 heavy (non-hydrogen) atoms. The van der Waals surface area contributed by atoms with E-state index < -0.39 is 59.5 Å². The number of carbonyl (C=O) groups excluding carboxylic acids is 2. The number of methoxy groups -OCH3 is 1. The zero-order valence-corrected chi connectivity index (χ0v) is 20.1. The maximum atomic E-state index is 12.7. The average molecular weight is 515 g/mol. The molecule has 1 saturated heterocycles. The summed E-state index contributed by atoms with van der Waals surface area (Å²) in [4.78, 5) is 33.8. The molecular formula is C23H34N2O11. The molecule has 1 aliphatic rings. The van der Waals surface area contributed by atoms with E-state index in [1.807, 2.05) is 0 Å². The number of nitrogens with one attached hydrogen (secondary N) is 1. The molecule has 1 aromatic carbocycles. The van der Waals surface area contributed by atoms with Crippen molar-refractivity contribution in [1.29, 1.82) is 0 Å². The number of esters is 1. The molecule has 1 aliphatic heterocycles. The largest absolute Gasteiger partial charge is 0.502 e. The molecule has 0 saturated carbocycles. The first kappa shape index (κ1) is 29.4. The molecular weight excluding hydrogens is 480 g/mol. The van der Waals surface area contributed by atoms with E-state index in [9.17, 15) is 40.1 Å². The predicted octanol–water partition coefficient (Wildman–Crippen LogP) is 0.758. The first-order valence-corrected chi connectivity index (χ1v) is 11.8. The van der Waals surface area contributed by atoms with Crippen molar-refractivity contribution in [2.45, 2.75) is 75.6 Å². The number of unbranched alkanes of at least 4 members (excludes halogenated alkanes) is 5. The molecule has 3 unspecified atom stereocenters. The van der Waals surface area contributed by atoms with Crippen LogP contribution in [-0.2, 0) is 19.0 Å². The number of hydrogen-bond donors (Lipinski definition) is 5. The fourth-order valence-electron chi connectivity index (χ4n) is 3.81. The van der Waals surface area contributed by atoms with E-state index >= 15 is 0 Å². The normalized spacial score (nSPS) is 23.7. The van der Waals surface area contributed by atoms with Gasteiger partial charge in [-0.2, -0.15) is 0 Å². The van der Waals surface area contributed by atoms with Gasteiger partial charge in [0.15, 0.2) is 12.0 Å². The number of nitro benzene ring substituents is 1. The number of hydrogen-bond acceptors (Lipinski definition) is 11. The lowest BCUT2D eigenvalue weighted by atomic mass is 9.96. The number of benzene rings is 1. The van der Waals surface area contributed by atoms with Gasteiger partial charge in [0.25, 0.3) is 5.91 Å². The van der Waals surface area contributed by atoms with Gasteiger partial charge in [0, 0.05) is 24.7 Å². The monoisotopic (exact) mass is 514 g/mol. The van der Waals surface area contributed by atoms with Crippen molar-refractivity contribution in [3.8, 4) is 5.75 Å². The van der Waals surface area contributed by atoms with Crippen LogP contribution in [0.4, 0.5) is 5.69 Å². The Hall–Kier alpha value is -2.84. The number of phenols is 1. The number of aliphatic hydroxyl groups is 3. The van der Waals surface area contributed by atoms with Crippen molar-refractivity contribution in [3.63, 3.8) is 0 Å². The van der Waals surface area contributed by atoms with Gasteiger partial charge in [-0.25, -0.2) is 0 Å². The van der Waals surface area contributed by atoms with Gasteiger partial charge in [-0.05, 0) is 25.0 Å². The molecule has 0 bridgehead atoms. The van der Waals surface area contributed by atoms with Crippen LogP contribution in [0, 0.1) is 10.1 Å². The summed E-state index contributed by atoms with van der Waals surface area (Å²) in [6, 6.07) is 1.80. The second-order valence-electron chi connectivity index (χ2n) is 8.48. The SMILES string of the molecule is COC(=O)CCCCCCCCO[C@@H]1OC(CO)[C@@H](O)C(O)C1NC(=O)c1ccc([N+](=O)[O-])c(O)c1. The average Bonchev–Trinajstić information content (AvgIpc) is 2.86. The number of nitrogens with zero attached hydrogens (tertiary/aromatic N) is 1. The molecule has 0 aliphatic carbocycles. The molecule has 13 heteroatoms. The van der Waals surface area contributed by atoms with E-state index in [4.69, 9.17) is 9.47 Å². The summed E-state index contributed by atoms with van der Waals surface area (Å²) in [7, 11) is 1.36. The molecule has 1 aromatic rings. The molecule has 5 atom stereocenters. The van der Waals surface area contributed by atoms with Crippen molar-refractivity contribution in [2.75, 3.05) is 20.3 Å². The Morgan fingerprint density at radius 3 is 2.39 bits per heavy atom. The Morgan fingerprint density at radius 1 is 1.11 bits per heavy atom. The standard InChI is InChI=1S/C23H34N2O11/c1-34-18(28)8-6-4-2-3-5-7-11-35-23-19(21(30)20(29)17(13-26)36-23)24-22(31)14-9-10-15(25(32)33)16(27)12-14/h9-10,12,17,19-21,23,26-27,29-30H,2-8,11,13H2,1H3,(H,24,31)/t17?,19?,20-,21?,23-/m1/s1. The first-order chi connectivity index (χ1) is 17.2. The lowest BCUT2D eigenvalue weighted by molar-refractivity contribution is -0.385. The van der Waals surface area contributed by atoms with E-state index in [0.29, 0.717) is 12.8 Å². The number of aliphatic hydroxyl groups excluding tert-OH is 3. The second-order valence-corrected chi connectivity index (χ2v) is 8.48. The number of phenolic OH excluding ortho intramolecular Hbond substituents is 1. The molecule has 0 spiro atoms. The molecule has 0 radical (unpaired) electrons. The lowest BCUT2D eigenvalue weighted by Gasteiger charge is -2.42. The van der Waals surface area contributed by atoms with Gasteiger partial charge < -0.3 is 40.0 Å². The molecule has 1 amide bonds. The van der Waals surface area contributed by atoms with Crippen molar-refractivity contribution < 1.29 is 49.1 Å². The minimum absolute atomic E-state index is 0.116. The summed E-state index contributed by atoms with van der Waals surface area (Å²) in [5.41, 5.74) is -0.687. The molecule has 5 N–H and O–H groups in total. The second kappa shape index (κ2) is 14.7. The Balaban J connectivity index is 1.90. The van der Waals surface area contributed by atoms with Gasteiger partial charge in [-0.15, -0.1) is 0 Å². The third kappa shape index (κ3) is 8.38. The van der Waals surface area contributed by atoms with Crippen LogP contribution in [0.3, 0.4) is 0 Å². The fraction of sp³-hybridized carbons (Fsp3) is 0.652. The molecule has 1 fully saturated rings. The Morgan fingerprint density at radius 2 is 1.78 bits per heavy atom. The summed E-state index contributed by atoms with van der Waals surface area (Å²) in [5, 5.41) is 53.4. The summed E-state index contributed by atoms with van der Waals surface area (Å²) in [6.45, 7) is -0.362. The van der Waals surface area contributed by atoms with Crippen LogP contribution in [0.1, 0.15) is 55.3 Å². The number of amides is 1. The van der Waals surface area contributed by atoms with Gasteiger partial charge in [0.1, 0.15) is 24.4 Å². The van der Waals surface area contributed by atoms with Gasteiger partial charge in [0.05, 0.1) is 18.6 Å². The van der Waals surface area contributed by atoms with Gasteiger partial charge in [-0.3, -0.25) is 19.7 Å². The van der Waals surface area contributed by atoms with Crippen LogP contribution >= 0.6 is 0 Å². The first-order valence-electron chi connectivity index (χ1n) is 11.8. The van der Waals surface area contributed by atoms with E-state index in [-0.39, 0.29) is 18.1 Å². The topological polar surface area (TPSA) is 198 Å². The number of aromatic hydroxyl groups is 1. The maximum Gasteiger partial charge on any atom is 0.310 e. The third-order valence-corrected chi connectivity index (χ3v) is 5.90. The minimum Gasteiger partial charge on any atom is -0.502 e. The Kier molecular flexibility index (Phi) is 12.0. The highest BCUT2D eigenvalue weighted by molar-refractivity contribution is 5.95. The van der Waals surface area contributed by atoms with Crippen molar-refractivity contribution in [3.05, 3.63) is 33.9 Å². The lowest BCUT2D eigenvalue weighted by Crippen LogP contribution is -2.64. The zero-order chi connectivity index (χ0) is 26.7. The van der Waals surface area contributed by atoms with E-state index in [2.05, 4.69) is 10.1 Å². The number of nitro groups is 1. The van der Waals surface area contributed by atoms with Crippen molar-refractivity contribution >= 4 is 17.6 Å². The number of ether oxygens (including phenoxy) is 3. The number of rotatable bonds is 14. The van der Waals surface area contributed by atoms with Crippen molar-refractivity contribution in [1.82, 2.24) is 5.32 Å². The summed E-state index contributed by atoms with van der Waals surface area (Å²) in [6.07, 6.45) is 0.0383. The molecule has 202 valence electrons. The van der Waals surface area contributed by atoms with Gasteiger partial charge >= 0.3 is 11.7 Å². The third-order valence-electron chi connectivity index (χ3n) is 5.90. The van der Waals surface area contributed by atoms with Crippen LogP contribution in [-0.4, -0.2) is 88.2 Å². The summed E-state index contributed by atoms with van der Waals surface area (Å²) < 4.78 is 15.9. The number of carbonyl (C=O) groups is 2. The summed E-state index contributed by atoms with van der Waals surface area (Å²) in [5.74, 6) is -1.72. The minimum atomic E-state index is -1.54. The van der Waals surface area contributed by atoms with Crippen molar-refractivity contribution in [2.24, 2.45) is 0 Å². The molecule has 2 rings (SSSR count).